The van der Waals surface area contributed by atoms with Gasteiger partial charge in [0.2, 0.25) is 5.43 Å². The summed E-state index contributed by atoms with van der Waals surface area (Å²) >= 11 is 6.75. The fraction of sp³-hybridized carbons (Fsp3) is 0.400. The molecule has 0 bridgehead atoms. The molecule has 2 aromatic carbocycles. The number of fused-ring (bicyclic) bond motifs is 1. The summed E-state index contributed by atoms with van der Waals surface area (Å²) in [6, 6.07) is 11.4. The van der Waals surface area contributed by atoms with Gasteiger partial charge in [0.1, 0.15) is 11.3 Å². The van der Waals surface area contributed by atoms with Crippen molar-refractivity contribution in [3.63, 3.8) is 0 Å². The van der Waals surface area contributed by atoms with Crippen LogP contribution in [0.25, 0.3) is 10.9 Å². The highest BCUT2D eigenvalue weighted by molar-refractivity contribution is 6.30. The van der Waals surface area contributed by atoms with E-state index in [4.69, 9.17) is 16.3 Å². The molecule has 2 heterocycles. The van der Waals surface area contributed by atoms with Crippen LogP contribution in [0.2, 0.25) is 0 Å². The van der Waals surface area contributed by atoms with E-state index in [1.165, 1.54) is 24.9 Å². The number of anilines is 1. The van der Waals surface area contributed by atoms with Gasteiger partial charge in [-0.05, 0) is 50.8 Å². The molecule has 7 nitrogen and oxygen atoms in total. The number of aromatic carboxylic acids is 1. The number of carboxylic acids is 1. The maximum absolute atomic E-state index is 15.7. The highest BCUT2D eigenvalue weighted by Gasteiger charge is 2.30. The minimum Gasteiger partial charge on any atom is -0.492 e. The number of hydrogen-bond acceptors (Lipinski definition) is 5. The van der Waals surface area contributed by atoms with Crippen molar-refractivity contribution in [2.75, 3.05) is 38.7 Å². The van der Waals surface area contributed by atoms with Crippen LogP contribution in [-0.2, 0) is 6.54 Å². The van der Waals surface area contributed by atoms with Crippen molar-refractivity contribution < 1.29 is 19.0 Å². The zero-order valence-electron chi connectivity index (χ0n) is 22.3. The van der Waals surface area contributed by atoms with E-state index in [-0.39, 0.29) is 22.7 Å². The summed E-state index contributed by atoms with van der Waals surface area (Å²) in [6.07, 6.45) is 5.51. The van der Waals surface area contributed by atoms with Crippen LogP contribution in [0.5, 0.6) is 5.75 Å². The van der Waals surface area contributed by atoms with E-state index < -0.39 is 17.2 Å². The molecule has 1 N–H and O–H groups in total. The van der Waals surface area contributed by atoms with E-state index >= 15 is 4.39 Å². The molecule has 0 radical (unpaired) electrons. The van der Waals surface area contributed by atoms with Crippen LogP contribution in [-0.4, -0.2) is 54.3 Å². The number of aromatic nitrogens is 1. The summed E-state index contributed by atoms with van der Waals surface area (Å²) in [7, 11) is 3.50. The third kappa shape index (κ3) is 5.40. The summed E-state index contributed by atoms with van der Waals surface area (Å²) in [5.74, 6) is -1.65. The van der Waals surface area contributed by atoms with Crippen LogP contribution in [0, 0.1) is 5.82 Å². The van der Waals surface area contributed by atoms with Gasteiger partial charge in [0.05, 0.1) is 18.0 Å². The van der Waals surface area contributed by atoms with Gasteiger partial charge in [-0.15, -0.1) is 0 Å². The molecule has 9 heteroatoms. The standard InChI is InChI=1S/C30H33ClFN3O4/c1-33(16-19-7-4-3-5-8-19)18-24(31)20-11-13-34(14-12-20)27-25(32)15-22-26(29(27)39-2)35(21-9-6-10-21)17-23(28(22)36)30(37)38/h3-5,7-8,15,17,21H,6,9-14,16,18H2,1-2H3,(H,37,38). The molecule has 39 heavy (non-hydrogen) atoms. The third-order valence-corrected chi connectivity index (χ3v) is 8.26. The van der Waals surface area contributed by atoms with Crippen molar-refractivity contribution in [1.29, 1.82) is 0 Å². The van der Waals surface area contributed by atoms with Gasteiger partial charge in [-0.2, -0.15) is 0 Å². The molecule has 0 unspecified atom stereocenters. The molecule has 1 aliphatic carbocycles. The number of hydrogen-bond donors (Lipinski definition) is 1. The van der Waals surface area contributed by atoms with E-state index in [9.17, 15) is 14.7 Å². The SMILES string of the molecule is COc1c(N2CCC(=C(Cl)CN(C)Cc3ccccc3)CC2)c(F)cc2c(=O)c(C(=O)O)cn(C3CCC3)c12. The number of ether oxygens (including phenoxy) is 1. The molecule has 2 aliphatic rings. The first kappa shape index (κ1) is 27.2. The van der Waals surface area contributed by atoms with Crippen LogP contribution in [0.1, 0.15) is 54.1 Å². The quantitative estimate of drug-likeness (QED) is 0.380. The first-order valence-corrected chi connectivity index (χ1v) is 13.7. The van der Waals surface area contributed by atoms with Crippen LogP contribution in [0.4, 0.5) is 10.1 Å². The van der Waals surface area contributed by atoms with Gasteiger partial charge in [-0.1, -0.05) is 47.5 Å². The molecule has 2 fully saturated rings. The fourth-order valence-electron chi connectivity index (χ4n) is 5.61. The molecular weight excluding hydrogens is 521 g/mol. The normalized spacial score (nSPS) is 16.0. The molecule has 0 amide bonds. The molecule has 1 saturated heterocycles. The number of methoxy groups -OCH3 is 1. The van der Waals surface area contributed by atoms with Gasteiger partial charge in [-0.25, -0.2) is 9.18 Å². The van der Waals surface area contributed by atoms with Crippen molar-refractivity contribution in [3.05, 3.63) is 80.4 Å². The van der Waals surface area contributed by atoms with Crippen LogP contribution >= 0.6 is 11.6 Å². The summed E-state index contributed by atoms with van der Waals surface area (Å²) in [5, 5.41) is 10.5. The van der Waals surface area contributed by atoms with E-state index in [1.807, 2.05) is 30.1 Å². The number of halogens is 2. The summed E-state index contributed by atoms with van der Waals surface area (Å²) in [5.41, 5.74) is 2.08. The smallest absolute Gasteiger partial charge is 0.341 e. The topological polar surface area (TPSA) is 75.0 Å². The zero-order chi connectivity index (χ0) is 27.7. The molecule has 1 saturated carbocycles. The van der Waals surface area contributed by atoms with Gasteiger partial charge < -0.3 is 19.3 Å². The van der Waals surface area contributed by atoms with Crippen molar-refractivity contribution in [2.24, 2.45) is 0 Å². The molecule has 1 aliphatic heterocycles. The Bertz CT molecular complexity index is 1470. The molecule has 1 aromatic heterocycles. The molecule has 3 aromatic rings. The Kier molecular flexibility index (Phi) is 7.96. The van der Waals surface area contributed by atoms with Crippen LogP contribution < -0.4 is 15.1 Å². The fourth-order valence-corrected chi connectivity index (χ4v) is 6.00. The lowest BCUT2D eigenvalue weighted by molar-refractivity contribution is 0.0694. The maximum atomic E-state index is 15.7. The van der Waals surface area contributed by atoms with Gasteiger partial charge in [0.15, 0.2) is 11.6 Å². The Hall–Kier alpha value is -3.36. The molecule has 5 rings (SSSR count). The summed E-state index contributed by atoms with van der Waals surface area (Å²) in [6.45, 7) is 2.53. The number of piperidine rings is 1. The molecule has 206 valence electrons. The monoisotopic (exact) mass is 553 g/mol. The van der Waals surface area contributed by atoms with E-state index in [0.29, 0.717) is 43.7 Å². The number of carbonyl (C=O) groups is 1. The average Bonchev–Trinajstić information content (AvgIpc) is 2.89. The average molecular weight is 554 g/mol. The second-order valence-corrected chi connectivity index (χ2v) is 10.9. The second-order valence-electron chi connectivity index (χ2n) is 10.5. The van der Waals surface area contributed by atoms with Gasteiger partial charge in [0, 0.05) is 43.4 Å². The number of rotatable bonds is 8. The van der Waals surface area contributed by atoms with Crippen LogP contribution in [0.3, 0.4) is 0 Å². The highest BCUT2D eigenvalue weighted by atomic mass is 35.5. The number of likely N-dealkylation sites (N-methyl/N-ethyl adjacent to an activating group) is 1. The van der Waals surface area contributed by atoms with Gasteiger partial charge >= 0.3 is 5.97 Å². The minimum absolute atomic E-state index is 0.0296. The Morgan fingerprint density at radius 1 is 1.21 bits per heavy atom. The lowest BCUT2D eigenvalue weighted by Crippen LogP contribution is -2.33. The Balaban J connectivity index is 1.43. The second kappa shape index (κ2) is 11.4. The lowest BCUT2D eigenvalue weighted by atomic mass is 9.91. The van der Waals surface area contributed by atoms with E-state index in [1.54, 1.807) is 4.57 Å². The number of benzene rings is 2. The highest BCUT2D eigenvalue weighted by Crippen LogP contribution is 2.43. The lowest BCUT2D eigenvalue weighted by Gasteiger charge is -2.34. The summed E-state index contributed by atoms with van der Waals surface area (Å²) < 4.78 is 23.2. The van der Waals surface area contributed by atoms with Crippen molar-refractivity contribution in [2.45, 2.75) is 44.7 Å². The zero-order valence-corrected chi connectivity index (χ0v) is 23.0. The van der Waals surface area contributed by atoms with Crippen molar-refractivity contribution >= 4 is 34.2 Å². The molecular formula is C30H33ClFN3O4. The van der Waals surface area contributed by atoms with Crippen molar-refractivity contribution in [3.8, 4) is 5.75 Å². The van der Waals surface area contributed by atoms with Crippen LogP contribution in [0.15, 0.2) is 58.0 Å². The number of nitrogens with zero attached hydrogens (tertiary/aromatic N) is 3. The van der Waals surface area contributed by atoms with E-state index in [0.717, 1.165) is 36.4 Å². The largest absolute Gasteiger partial charge is 0.492 e. The third-order valence-electron chi connectivity index (χ3n) is 7.87. The first-order chi connectivity index (χ1) is 18.8. The van der Waals surface area contributed by atoms with Gasteiger partial charge in [0.25, 0.3) is 0 Å². The number of pyridine rings is 1. The predicted octanol–water partition coefficient (Wildman–Crippen LogP) is 5.80. The molecule has 0 atom stereocenters. The predicted molar refractivity (Wildman–Crippen MR) is 152 cm³/mol. The van der Waals surface area contributed by atoms with Gasteiger partial charge in [-0.3, -0.25) is 9.69 Å². The Labute approximate surface area is 232 Å². The maximum Gasteiger partial charge on any atom is 0.341 e. The number of carboxylic acid groups (broad SMARTS) is 1. The Morgan fingerprint density at radius 3 is 2.49 bits per heavy atom. The van der Waals surface area contributed by atoms with Crippen molar-refractivity contribution in [1.82, 2.24) is 9.47 Å². The Morgan fingerprint density at radius 2 is 1.90 bits per heavy atom. The molecule has 0 spiro atoms. The first-order valence-electron chi connectivity index (χ1n) is 13.3. The summed E-state index contributed by atoms with van der Waals surface area (Å²) in [4.78, 5) is 28.9. The van der Waals surface area contributed by atoms with E-state index in [2.05, 4.69) is 17.0 Å². The minimum atomic E-state index is -1.32.